The Bertz CT molecular complexity index is 273. The summed E-state index contributed by atoms with van der Waals surface area (Å²) in [6, 6.07) is 8.22. The zero-order valence-electron chi connectivity index (χ0n) is 7.23. The van der Waals surface area contributed by atoms with Crippen LogP contribution in [0.5, 0.6) is 5.75 Å². The average Bonchev–Trinajstić information content (AvgIpc) is 2.15. The third-order valence-electron chi connectivity index (χ3n) is 1.47. The van der Waals surface area contributed by atoms with E-state index < -0.39 is 12.0 Å². The van der Waals surface area contributed by atoms with Gasteiger partial charge in [-0.05, 0) is 19.1 Å². The maximum Gasteiger partial charge on any atom is 0.323 e. The second kappa shape index (κ2) is 4.47. The van der Waals surface area contributed by atoms with Crippen LogP contribution in [0.2, 0.25) is 0 Å². The molecule has 0 fully saturated rings. The molecule has 0 saturated heterocycles. The first-order chi connectivity index (χ1) is 6.20. The van der Waals surface area contributed by atoms with Crippen LogP contribution in [0.4, 0.5) is 0 Å². The number of benzene rings is 1. The zero-order chi connectivity index (χ0) is 9.68. The van der Waals surface area contributed by atoms with Crippen LogP contribution in [0.3, 0.4) is 0 Å². The molecule has 1 aromatic carbocycles. The number of hydroxylamine groups is 1. The molecule has 0 aliphatic rings. The van der Waals surface area contributed by atoms with E-state index in [0.29, 0.717) is 5.75 Å². The number of carbonyl (C=O) groups is 1. The summed E-state index contributed by atoms with van der Waals surface area (Å²) in [5, 5.41) is 8.52. The number of aliphatic carboxylic acids is 1. The Morgan fingerprint density at radius 3 is 2.62 bits per heavy atom. The lowest BCUT2D eigenvalue weighted by Gasteiger charge is -2.09. The quantitative estimate of drug-likeness (QED) is 0.681. The first-order valence-corrected chi connectivity index (χ1v) is 3.90. The molecule has 0 aliphatic heterocycles. The summed E-state index contributed by atoms with van der Waals surface area (Å²) in [7, 11) is 0. The fourth-order valence-electron chi connectivity index (χ4n) is 0.695. The molecule has 0 heterocycles. The molecule has 0 spiro atoms. The number of hydrogen-bond acceptors (Lipinski definition) is 3. The van der Waals surface area contributed by atoms with Crippen LogP contribution < -0.4 is 10.3 Å². The van der Waals surface area contributed by atoms with E-state index in [-0.39, 0.29) is 0 Å². The van der Waals surface area contributed by atoms with E-state index in [1.54, 1.807) is 12.1 Å². The number of carboxylic acids is 1. The lowest BCUT2D eigenvalue weighted by atomic mass is 10.3. The lowest BCUT2D eigenvalue weighted by Crippen LogP contribution is -2.36. The first kappa shape index (κ1) is 9.54. The van der Waals surface area contributed by atoms with Gasteiger partial charge in [0.1, 0.15) is 11.8 Å². The van der Waals surface area contributed by atoms with Crippen molar-refractivity contribution in [3.8, 4) is 5.75 Å². The van der Waals surface area contributed by atoms with Crippen molar-refractivity contribution in [2.24, 2.45) is 0 Å². The van der Waals surface area contributed by atoms with Gasteiger partial charge >= 0.3 is 5.97 Å². The molecule has 0 radical (unpaired) electrons. The van der Waals surface area contributed by atoms with E-state index in [1.807, 2.05) is 18.2 Å². The van der Waals surface area contributed by atoms with Crippen LogP contribution in [0, 0.1) is 0 Å². The zero-order valence-corrected chi connectivity index (χ0v) is 7.23. The van der Waals surface area contributed by atoms with Gasteiger partial charge in [0.15, 0.2) is 0 Å². The van der Waals surface area contributed by atoms with E-state index >= 15 is 0 Å². The van der Waals surface area contributed by atoms with E-state index in [1.165, 1.54) is 6.92 Å². The van der Waals surface area contributed by atoms with Gasteiger partial charge < -0.3 is 9.94 Å². The minimum Gasteiger partial charge on any atom is -0.480 e. The van der Waals surface area contributed by atoms with Gasteiger partial charge in [-0.3, -0.25) is 4.79 Å². The molecule has 0 bridgehead atoms. The molecule has 70 valence electrons. The maximum atomic E-state index is 10.4. The first-order valence-electron chi connectivity index (χ1n) is 3.90. The summed E-state index contributed by atoms with van der Waals surface area (Å²) in [5.41, 5.74) is 2.40. The highest BCUT2D eigenvalue weighted by Gasteiger charge is 2.09. The van der Waals surface area contributed by atoms with Crippen molar-refractivity contribution in [1.82, 2.24) is 5.48 Å². The Morgan fingerprint density at radius 2 is 2.08 bits per heavy atom. The Balaban J connectivity index is 2.39. The average molecular weight is 181 g/mol. The number of carboxylic acid groups (broad SMARTS) is 1. The molecule has 13 heavy (non-hydrogen) atoms. The molecule has 1 aromatic rings. The molecule has 1 atom stereocenters. The van der Waals surface area contributed by atoms with Crippen LogP contribution in [0.1, 0.15) is 6.92 Å². The van der Waals surface area contributed by atoms with Gasteiger partial charge in [0.05, 0.1) is 0 Å². The summed E-state index contributed by atoms with van der Waals surface area (Å²) < 4.78 is 0. The summed E-state index contributed by atoms with van der Waals surface area (Å²) in [6.07, 6.45) is 0. The van der Waals surface area contributed by atoms with Crippen molar-refractivity contribution in [3.05, 3.63) is 30.3 Å². The Morgan fingerprint density at radius 1 is 1.46 bits per heavy atom. The van der Waals surface area contributed by atoms with Crippen LogP contribution in [0.15, 0.2) is 30.3 Å². The van der Waals surface area contributed by atoms with Gasteiger partial charge in [-0.2, -0.15) is 0 Å². The van der Waals surface area contributed by atoms with Gasteiger partial charge in [-0.15, -0.1) is 5.48 Å². The van der Waals surface area contributed by atoms with Crippen LogP contribution >= 0.6 is 0 Å². The highest BCUT2D eigenvalue weighted by Crippen LogP contribution is 2.06. The number of nitrogens with one attached hydrogen (secondary N) is 1. The Kier molecular flexibility index (Phi) is 3.28. The Labute approximate surface area is 76.1 Å². The normalized spacial score (nSPS) is 12.1. The summed E-state index contributed by atoms with van der Waals surface area (Å²) in [6.45, 7) is 1.51. The molecule has 2 N–H and O–H groups in total. The molecule has 4 nitrogen and oxygen atoms in total. The smallest absolute Gasteiger partial charge is 0.323 e. The van der Waals surface area contributed by atoms with Crippen LogP contribution in [-0.2, 0) is 4.79 Å². The second-order valence-electron chi connectivity index (χ2n) is 2.59. The van der Waals surface area contributed by atoms with Crippen molar-refractivity contribution in [2.75, 3.05) is 0 Å². The van der Waals surface area contributed by atoms with E-state index in [9.17, 15) is 4.79 Å². The molecule has 0 aliphatic carbocycles. The molecule has 1 rings (SSSR count). The van der Waals surface area contributed by atoms with Crippen molar-refractivity contribution < 1.29 is 14.7 Å². The van der Waals surface area contributed by atoms with Gasteiger partial charge in [-0.1, -0.05) is 18.2 Å². The summed E-state index contributed by atoms with van der Waals surface area (Å²) in [5.74, 6) is -0.355. The van der Waals surface area contributed by atoms with Gasteiger partial charge in [0.2, 0.25) is 0 Å². The fraction of sp³-hybridized carbons (Fsp3) is 0.222. The number of hydrogen-bond donors (Lipinski definition) is 2. The van der Waals surface area contributed by atoms with E-state index in [4.69, 9.17) is 9.94 Å². The number of para-hydroxylation sites is 1. The van der Waals surface area contributed by atoms with Crippen LogP contribution in [-0.4, -0.2) is 17.1 Å². The van der Waals surface area contributed by atoms with Gasteiger partial charge in [0.25, 0.3) is 0 Å². The largest absolute Gasteiger partial charge is 0.480 e. The molecule has 0 aromatic heterocycles. The summed E-state index contributed by atoms with van der Waals surface area (Å²) >= 11 is 0. The minimum atomic E-state index is -0.948. The molecular weight excluding hydrogens is 170 g/mol. The SMILES string of the molecule is CC(NOc1ccccc1)C(=O)O. The van der Waals surface area contributed by atoms with Crippen LogP contribution in [0.25, 0.3) is 0 Å². The standard InChI is InChI=1S/C9H11NO3/c1-7(9(11)12)10-13-8-5-3-2-4-6-8/h2-7,10H,1H3,(H,11,12). The van der Waals surface area contributed by atoms with E-state index in [2.05, 4.69) is 5.48 Å². The van der Waals surface area contributed by atoms with E-state index in [0.717, 1.165) is 0 Å². The highest BCUT2D eigenvalue weighted by atomic mass is 16.6. The Hall–Kier alpha value is -1.55. The predicted molar refractivity (Wildman–Crippen MR) is 47.3 cm³/mol. The van der Waals surface area contributed by atoms with Gasteiger partial charge in [0, 0.05) is 0 Å². The lowest BCUT2D eigenvalue weighted by molar-refractivity contribution is -0.141. The molecule has 4 heteroatoms. The van der Waals surface area contributed by atoms with Crippen molar-refractivity contribution in [1.29, 1.82) is 0 Å². The number of rotatable bonds is 4. The summed E-state index contributed by atoms with van der Waals surface area (Å²) in [4.78, 5) is 15.4. The van der Waals surface area contributed by atoms with Gasteiger partial charge in [-0.25, -0.2) is 0 Å². The topological polar surface area (TPSA) is 58.6 Å². The van der Waals surface area contributed by atoms with Crippen molar-refractivity contribution in [3.63, 3.8) is 0 Å². The molecule has 0 saturated carbocycles. The monoisotopic (exact) mass is 181 g/mol. The third-order valence-corrected chi connectivity index (χ3v) is 1.47. The molecular formula is C9H11NO3. The fourth-order valence-corrected chi connectivity index (χ4v) is 0.695. The third kappa shape index (κ3) is 3.13. The molecule has 1 unspecified atom stereocenters. The second-order valence-corrected chi connectivity index (χ2v) is 2.59. The highest BCUT2D eigenvalue weighted by molar-refractivity contribution is 5.72. The maximum absolute atomic E-state index is 10.4. The predicted octanol–water partition coefficient (Wildman–Crippen LogP) is 1.04. The van der Waals surface area contributed by atoms with Crippen molar-refractivity contribution in [2.45, 2.75) is 13.0 Å². The molecule has 0 amide bonds. The van der Waals surface area contributed by atoms with Crippen molar-refractivity contribution >= 4 is 5.97 Å². The minimum absolute atomic E-state index is 0.593.